The van der Waals surface area contributed by atoms with Gasteiger partial charge in [-0.3, -0.25) is 0 Å². The lowest BCUT2D eigenvalue weighted by Gasteiger charge is -2.07. The van der Waals surface area contributed by atoms with Crippen LogP contribution in [0, 0.1) is 16.5 Å². The molecule has 0 aromatic carbocycles. The summed E-state index contributed by atoms with van der Waals surface area (Å²) in [5, 5.41) is 0. The van der Waals surface area contributed by atoms with Crippen LogP contribution in [-0.2, 0) is 0 Å². The molecule has 126 valence electrons. The third-order valence-corrected chi connectivity index (χ3v) is 6.58. The number of aromatic amines is 1. The van der Waals surface area contributed by atoms with Gasteiger partial charge in [0, 0.05) is 35.3 Å². The van der Waals surface area contributed by atoms with Crippen LogP contribution in [0.1, 0.15) is 61.7 Å². The number of halogens is 2. The molecule has 0 radical (unpaired) electrons. The lowest BCUT2D eigenvalue weighted by molar-refractivity contribution is 0.650. The van der Waals surface area contributed by atoms with E-state index in [1.807, 2.05) is 6.20 Å². The molecule has 0 aliphatic heterocycles. The van der Waals surface area contributed by atoms with Crippen molar-refractivity contribution in [3.05, 3.63) is 43.3 Å². The van der Waals surface area contributed by atoms with Crippen LogP contribution in [0.4, 0.5) is 0 Å². The van der Waals surface area contributed by atoms with E-state index >= 15 is 0 Å². The van der Waals surface area contributed by atoms with Crippen LogP contribution >= 0.6 is 44.1 Å². The number of hydrogen-bond acceptors (Lipinski definition) is 4. The van der Waals surface area contributed by atoms with E-state index in [1.54, 1.807) is 0 Å². The first-order valence-corrected chi connectivity index (χ1v) is 10.2. The first kappa shape index (κ1) is 16.8. The smallest absolute Gasteiger partial charge is 0.140 e. The summed E-state index contributed by atoms with van der Waals surface area (Å²) in [7, 11) is 0. The van der Waals surface area contributed by atoms with Crippen molar-refractivity contribution in [3.63, 3.8) is 0 Å². The van der Waals surface area contributed by atoms with Gasteiger partial charge in [0.25, 0.3) is 0 Å². The van der Waals surface area contributed by atoms with Gasteiger partial charge in [0.1, 0.15) is 19.7 Å². The van der Waals surface area contributed by atoms with Gasteiger partial charge in [0.15, 0.2) is 0 Å². The molecule has 7 heteroatoms. The average Bonchev–Trinajstić information content (AvgIpc) is 3.41. The first-order valence-electron chi connectivity index (χ1n) is 8.23. The molecule has 0 bridgehead atoms. The molecule has 2 aromatic heterocycles. The van der Waals surface area contributed by atoms with Crippen molar-refractivity contribution in [2.75, 3.05) is 0 Å². The Morgan fingerprint density at radius 1 is 1.17 bits per heavy atom. The summed E-state index contributed by atoms with van der Waals surface area (Å²) in [6.45, 7) is 4.27. The summed E-state index contributed by atoms with van der Waals surface area (Å²) in [6, 6.07) is 2.09. The Hall–Kier alpha value is -0.660. The maximum atomic E-state index is 5.27. The fraction of sp³-hybridized carbons (Fsp3) is 0.529. The van der Waals surface area contributed by atoms with Gasteiger partial charge in [-0.25, -0.2) is 15.0 Å². The summed E-state index contributed by atoms with van der Waals surface area (Å²) < 4.78 is 2.30. The molecule has 1 N–H and O–H groups in total. The van der Waals surface area contributed by atoms with Crippen LogP contribution in [0.2, 0.25) is 0 Å². The van der Waals surface area contributed by atoms with E-state index in [2.05, 4.69) is 66.7 Å². The summed E-state index contributed by atoms with van der Waals surface area (Å²) in [6.07, 6.45) is 4.37. The minimum absolute atomic E-state index is 0.348. The van der Waals surface area contributed by atoms with E-state index in [9.17, 15) is 0 Å². The third-order valence-electron chi connectivity index (χ3n) is 5.02. The normalized spacial score (nSPS) is 28.2. The van der Waals surface area contributed by atoms with Crippen molar-refractivity contribution >= 4 is 44.1 Å². The monoisotopic (exact) mass is 468 g/mol. The quantitative estimate of drug-likeness (QED) is 0.475. The van der Waals surface area contributed by atoms with Crippen LogP contribution in [-0.4, -0.2) is 19.9 Å². The lowest BCUT2D eigenvalue weighted by atomic mass is 10.1. The largest absolute Gasteiger partial charge is 0.346 e. The highest BCUT2D eigenvalue weighted by Gasteiger charge is 2.55. The Labute approximate surface area is 163 Å². The Kier molecular flexibility index (Phi) is 4.37. The number of H-pyrrole nitrogens is 1. The molecule has 4 atom stereocenters. The summed E-state index contributed by atoms with van der Waals surface area (Å²) in [4.78, 5) is 16.9. The highest BCUT2D eigenvalue weighted by atomic mass is 79.9. The van der Waals surface area contributed by atoms with Gasteiger partial charge < -0.3 is 4.98 Å². The standard InChI is InChI=1S/C17H18Br2N4S/c1-7(2)16-21-12(5-14(18)23-16)10-3-8(10)9-4-11(9)13-6-20-15(19)17(24)22-13/h5-11H,3-4H2,1-2H3,(H,22,24). The second kappa shape index (κ2) is 6.25. The van der Waals surface area contributed by atoms with Gasteiger partial charge in [0.05, 0.1) is 0 Å². The fourth-order valence-electron chi connectivity index (χ4n) is 3.56. The molecule has 2 saturated carbocycles. The van der Waals surface area contributed by atoms with Gasteiger partial charge in [-0.2, -0.15) is 0 Å². The Morgan fingerprint density at radius 2 is 1.88 bits per heavy atom. The van der Waals surface area contributed by atoms with Gasteiger partial charge in [-0.1, -0.05) is 26.1 Å². The maximum absolute atomic E-state index is 5.27. The molecule has 2 aliphatic carbocycles. The highest BCUT2D eigenvalue weighted by molar-refractivity contribution is 9.10. The van der Waals surface area contributed by atoms with E-state index in [-0.39, 0.29) is 0 Å². The molecule has 2 aliphatic rings. The molecular formula is C17H18Br2N4S. The van der Waals surface area contributed by atoms with E-state index in [0.717, 1.165) is 26.9 Å². The summed E-state index contributed by atoms with van der Waals surface area (Å²) in [5.41, 5.74) is 2.36. The minimum Gasteiger partial charge on any atom is -0.346 e. The topological polar surface area (TPSA) is 54.5 Å². The molecule has 2 heterocycles. The van der Waals surface area contributed by atoms with Gasteiger partial charge in [0.2, 0.25) is 0 Å². The van der Waals surface area contributed by atoms with E-state index in [0.29, 0.717) is 22.4 Å². The molecule has 2 fully saturated rings. The number of nitrogens with zero attached hydrogens (tertiary/aromatic N) is 3. The van der Waals surface area contributed by atoms with Crippen molar-refractivity contribution in [1.29, 1.82) is 0 Å². The van der Waals surface area contributed by atoms with Crippen molar-refractivity contribution in [3.8, 4) is 0 Å². The van der Waals surface area contributed by atoms with Crippen molar-refractivity contribution < 1.29 is 0 Å². The number of hydrogen-bond donors (Lipinski definition) is 1. The van der Waals surface area contributed by atoms with Gasteiger partial charge >= 0.3 is 0 Å². The molecule has 24 heavy (non-hydrogen) atoms. The van der Waals surface area contributed by atoms with E-state index in [1.165, 1.54) is 24.2 Å². The van der Waals surface area contributed by atoms with Crippen LogP contribution in [0.25, 0.3) is 0 Å². The third kappa shape index (κ3) is 3.22. The van der Waals surface area contributed by atoms with Crippen LogP contribution in [0.15, 0.2) is 21.5 Å². The molecule has 4 nitrogen and oxygen atoms in total. The first-order chi connectivity index (χ1) is 11.4. The molecule has 0 spiro atoms. The average molecular weight is 470 g/mol. The van der Waals surface area contributed by atoms with E-state index in [4.69, 9.17) is 17.2 Å². The van der Waals surface area contributed by atoms with E-state index < -0.39 is 0 Å². The summed E-state index contributed by atoms with van der Waals surface area (Å²) >= 11 is 12.2. The molecule has 2 aromatic rings. The molecular weight excluding hydrogens is 452 g/mol. The molecule has 4 rings (SSSR count). The Bertz CT molecular complexity index is 851. The van der Waals surface area contributed by atoms with Crippen molar-refractivity contribution in [2.45, 2.75) is 44.4 Å². The Morgan fingerprint density at radius 3 is 2.58 bits per heavy atom. The number of nitrogens with one attached hydrogen (secondary N) is 1. The minimum atomic E-state index is 0.348. The predicted molar refractivity (Wildman–Crippen MR) is 103 cm³/mol. The van der Waals surface area contributed by atoms with Crippen LogP contribution < -0.4 is 0 Å². The number of aromatic nitrogens is 4. The fourth-order valence-corrected chi connectivity index (χ4v) is 4.35. The highest BCUT2D eigenvalue weighted by Crippen LogP contribution is 2.64. The zero-order valence-corrected chi connectivity index (χ0v) is 17.4. The molecule has 0 saturated heterocycles. The number of rotatable bonds is 4. The SMILES string of the molecule is CC(C)c1nc(Br)cc(C2CC2C2CC2c2cnc(Br)c(=S)[nH]2)n1. The Balaban J connectivity index is 1.48. The van der Waals surface area contributed by atoms with Crippen molar-refractivity contribution in [2.24, 2.45) is 11.8 Å². The predicted octanol–water partition coefficient (Wildman–Crippen LogP) is 5.48. The second-order valence-electron chi connectivity index (χ2n) is 7.10. The van der Waals surface area contributed by atoms with Crippen molar-refractivity contribution in [1.82, 2.24) is 19.9 Å². The van der Waals surface area contributed by atoms with Crippen LogP contribution in [0.5, 0.6) is 0 Å². The van der Waals surface area contributed by atoms with Gasteiger partial charge in [-0.15, -0.1) is 0 Å². The maximum Gasteiger partial charge on any atom is 0.140 e. The molecule has 0 amide bonds. The second-order valence-corrected chi connectivity index (χ2v) is 9.07. The molecule has 4 unspecified atom stereocenters. The summed E-state index contributed by atoms with van der Waals surface area (Å²) in [5.74, 6) is 3.86. The zero-order chi connectivity index (χ0) is 17.0. The lowest BCUT2D eigenvalue weighted by Crippen LogP contribution is -2.02. The van der Waals surface area contributed by atoms with Gasteiger partial charge in [-0.05, 0) is 62.6 Å². The zero-order valence-electron chi connectivity index (χ0n) is 13.5. The van der Waals surface area contributed by atoms with Crippen LogP contribution in [0.3, 0.4) is 0 Å².